The number of benzene rings is 1. The predicted molar refractivity (Wildman–Crippen MR) is 113 cm³/mol. The molecule has 0 radical (unpaired) electrons. The second kappa shape index (κ2) is 7.80. The van der Waals surface area contributed by atoms with Crippen LogP contribution in [0.4, 0.5) is 10.1 Å². The number of aromatic nitrogens is 3. The molecule has 0 bridgehead atoms. The lowest BCUT2D eigenvalue weighted by Crippen LogP contribution is -2.16. The molecule has 0 saturated heterocycles. The highest BCUT2D eigenvalue weighted by Gasteiger charge is 2.22. The second-order valence-corrected chi connectivity index (χ2v) is 8.40. The number of sulfonamides is 1. The number of ether oxygens (including phenoxy) is 1. The summed E-state index contributed by atoms with van der Waals surface area (Å²) >= 11 is 0. The van der Waals surface area contributed by atoms with Crippen LogP contribution in [0.5, 0.6) is 5.88 Å². The molecule has 3 heterocycles. The number of halogens is 1. The highest BCUT2D eigenvalue weighted by Crippen LogP contribution is 2.30. The van der Waals surface area contributed by atoms with Crippen LogP contribution in [0.2, 0.25) is 0 Å². The first-order valence-corrected chi connectivity index (χ1v) is 10.6. The molecule has 0 aliphatic heterocycles. The van der Waals surface area contributed by atoms with Crippen molar-refractivity contribution in [1.29, 1.82) is 0 Å². The Morgan fingerprint density at radius 2 is 1.87 bits per heavy atom. The quantitative estimate of drug-likeness (QED) is 0.512. The third kappa shape index (κ3) is 3.97. The monoisotopic (exact) mass is 440 g/mol. The van der Waals surface area contributed by atoms with Crippen molar-refractivity contribution < 1.29 is 17.5 Å². The summed E-state index contributed by atoms with van der Waals surface area (Å²) in [6, 6.07) is 10.1. The highest BCUT2D eigenvalue weighted by molar-refractivity contribution is 7.92. The van der Waals surface area contributed by atoms with E-state index in [1.165, 1.54) is 48.2 Å². The van der Waals surface area contributed by atoms with Gasteiger partial charge in [-0.3, -0.25) is 13.9 Å². The Kier molecular flexibility index (Phi) is 5.15. The number of methoxy groups -OCH3 is 1. The minimum atomic E-state index is -4.24. The lowest BCUT2D eigenvalue weighted by atomic mass is 10.1. The highest BCUT2D eigenvalue weighted by atomic mass is 32.2. The van der Waals surface area contributed by atoms with Gasteiger partial charge in [-0.1, -0.05) is 6.07 Å². The molecule has 4 rings (SSSR count). The van der Waals surface area contributed by atoms with Crippen molar-refractivity contribution in [2.45, 2.75) is 11.8 Å². The standard InChI is InChI=1S/C21H17FN4O4S/c1-13-3-5-18(16(22)9-13)31(28,29)25-17-10-15(11-24-21(17)30-2)14-4-6-19-23-8-7-20(27)26(19)12-14/h3-12,25H,1-2H3. The first kappa shape index (κ1) is 20.5. The number of rotatable bonds is 5. The number of nitrogens with one attached hydrogen (secondary N) is 1. The van der Waals surface area contributed by atoms with Crippen LogP contribution < -0.4 is 15.0 Å². The Balaban J connectivity index is 1.78. The molecule has 0 aliphatic rings. The first-order chi connectivity index (χ1) is 14.8. The van der Waals surface area contributed by atoms with Crippen molar-refractivity contribution in [2.24, 2.45) is 0 Å². The topological polar surface area (TPSA) is 103 Å². The van der Waals surface area contributed by atoms with Gasteiger partial charge in [0.1, 0.15) is 22.0 Å². The Hall–Kier alpha value is -3.79. The molecule has 8 nitrogen and oxygen atoms in total. The van der Waals surface area contributed by atoms with E-state index in [2.05, 4.69) is 14.7 Å². The molecular formula is C21H17FN4O4S. The zero-order valence-corrected chi connectivity index (χ0v) is 17.4. The lowest BCUT2D eigenvalue weighted by Gasteiger charge is -2.13. The van der Waals surface area contributed by atoms with Gasteiger partial charge in [0.25, 0.3) is 15.6 Å². The summed E-state index contributed by atoms with van der Waals surface area (Å²) in [4.78, 5) is 19.9. The molecule has 4 aromatic rings. The van der Waals surface area contributed by atoms with E-state index in [-0.39, 0.29) is 17.1 Å². The molecule has 1 aromatic carbocycles. The number of pyridine rings is 2. The van der Waals surface area contributed by atoms with E-state index in [4.69, 9.17) is 4.74 Å². The molecule has 0 aliphatic carbocycles. The SMILES string of the molecule is COc1ncc(-c2ccc3nccc(=O)n3c2)cc1NS(=O)(=O)c1ccc(C)cc1F. The molecule has 0 fully saturated rings. The zero-order valence-electron chi connectivity index (χ0n) is 16.5. The number of nitrogens with zero attached hydrogens (tertiary/aromatic N) is 3. The van der Waals surface area contributed by atoms with Crippen molar-refractivity contribution in [1.82, 2.24) is 14.4 Å². The molecule has 10 heteroatoms. The summed E-state index contributed by atoms with van der Waals surface area (Å²) in [5.74, 6) is -0.851. The Labute approximate surface area is 177 Å². The smallest absolute Gasteiger partial charge is 0.264 e. The summed E-state index contributed by atoms with van der Waals surface area (Å²) < 4.78 is 48.7. The van der Waals surface area contributed by atoms with Gasteiger partial charge in [-0.2, -0.15) is 0 Å². The molecule has 0 spiro atoms. The number of fused-ring (bicyclic) bond motifs is 1. The van der Waals surface area contributed by atoms with E-state index in [9.17, 15) is 17.6 Å². The van der Waals surface area contributed by atoms with Crippen LogP contribution >= 0.6 is 0 Å². The summed E-state index contributed by atoms with van der Waals surface area (Å²) in [7, 11) is -2.90. The number of anilines is 1. The third-order valence-corrected chi connectivity index (χ3v) is 5.99. The van der Waals surface area contributed by atoms with E-state index in [1.807, 2.05) is 0 Å². The van der Waals surface area contributed by atoms with Crippen LogP contribution in [0.15, 0.2) is 70.7 Å². The maximum absolute atomic E-state index is 14.3. The van der Waals surface area contributed by atoms with Gasteiger partial charge in [0, 0.05) is 35.8 Å². The lowest BCUT2D eigenvalue weighted by molar-refractivity contribution is 0.400. The molecule has 0 atom stereocenters. The van der Waals surface area contributed by atoms with Crippen LogP contribution in [-0.4, -0.2) is 29.9 Å². The van der Waals surface area contributed by atoms with Crippen LogP contribution in [0.25, 0.3) is 16.8 Å². The van der Waals surface area contributed by atoms with Gasteiger partial charge in [0.15, 0.2) is 0 Å². The van der Waals surface area contributed by atoms with E-state index in [0.717, 1.165) is 6.07 Å². The van der Waals surface area contributed by atoms with Crippen molar-refractivity contribution in [3.05, 3.63) is 82.8 Å². The predicted octanol–water partition coefficient (Wildman–Crippen LogP) is 3.01. The fraction of sp³-hybridized carbons (Fsp3) is 0.0952. The average molecular weight is 440 g/mol. The normalized spacial score (nSPS) is 11.5. The first-order valence-electron chi connectivity index (χ1n) is 9.09. The summed E-state index contributed by atoms with van der Waals surface area (Å²) in [6.45, 7) is 1.66. The Bertz CT molecular complexity index is 1470. The zero-order chi connectivity index (χ0) is 22.2. The number of hydrogen-bond donors (Lipinski definition) is 1. The molecule has 0 saturated carbocycles. The largest absolute Gasteiger partial charge is 0.480 e. The molecule has 1 N–H and O–H groups in total. The molecule has 31 heavy (non-hydrogen) atoms. The van der Waals surface area contributed by atoms with Gasteiger partial charge in [-0.15, -0.1) is 0 Å². The van der Waals surface area contributed by atoms with Gasteiger partial charge >= 0.3 is 0 Å². The summed E-state index contributed by atoms with van der Waals surface area (Å²) in [5, 5.41) is 0. The van der Waals surface area contributed by atoms with Gasteiger partial charge in [-0.05, 0) is 42.8 Å². The summed E-state index contributed by atoms with van der Waals surface area (Å²) in [5.41, 5.74) is 1.94. The third-order valence-electron chi connectivity index (χ3n) is 4.59. The van der Waals surface area contributed by atoms with Gasteiger partial charge in [0.2, 0.25) is 5.88 Å². The van der Waals surface area contributed by atoms with Crippen LogP contribution in [-0.2, 0) is 10.0 Å². The van der Waals surface area contributed by atoms with Gasteiger partial charge in [0.05, 0.1) is 7.11 Å². The number of hydrogen-bond acceptors (Lipinski definition) is 6. The second-order valence-electron chi connectivity index (χ2n) is 6.75. The molecule has 158 valence electrons. The Morgan fingerprint density at radius 1 is 1.06 bits per heavy atom. The van der Waals surface area contributed by atoms with E-state index in [0.29, 0.717) is 22.3 Å². The van der Waals surface area contributed by atoms with Crippen molar-refractivity contribution in [3.8, 4) is 17.0 Å². The van der Waals surface area contributed by atoms with Gasteiger partial charge < -0.3 is 4.74 Å². The minimum absolute atomic E-state index is 0.0134. The van der Waals surface area contributed by atoms with Crippen LogP contribution in [0.1, 0.15) is 5.56 Å². The molecule has 0 amide bonds. The van der Waals surface area contributed by atoms with E-state index < -0.39 is 20.7 Å². The van der Waals surface area contributed by atoms with Crippen molar-refractivity contribution in [3.63, 3.8) is 0 Å². The molecule has 0 unspecified atom stereocenters. The maximum atomic E-state index is 14.3. The molecule has 3 aromatic heterocycles. The minimum Gasteiger partial charge on any atom is -0.480 e. The molecular weight excluding hydrogens is 423 g/mol. The van der Waals surface area contributed by atoms with Crippen LogP contribution in [0, 0.1) is 12.7 Å². The maximum Gasteiger partial charge on any atom is 0.264 e. The fourth-order valence-corrected chi connectivity index (χ4v) is 4.18. The Morgan fingerprint density at radius 3 is 2.61 bits per heavy atom. The van der Waals surface area contributed by atoms with Crippen molar-refractivity contribution in [2.75, 3.05) is 11.8 Å². The average Bonchev–Trinajstić information content (AvgIpc) is 2.73. The van der Waals surface area contributed by atoms with Crippen LogP contribution in [0.3, 0.4) is 0 Å². The fourth-order valence-electron chi connectivity index (χ4n) is 3.07. The van der Waals surface area contributed by atoms with E-state index in [1.54, 1.807) is 25.3 Å². The van der Waals surface area contributed by atoms with Crippen molar-refractivity contribution >= 4 is 21.4 Å². The summed E-state index contributed by atoms with van der Waals surface area (Å²) in [6.07, 6.45) is 4.47. The van der Waals surface area contributed by atoms with Gasteiger partial charge in [-0.25, -0.2) is 22.8 Å². The number of aryl methyl sites for hydroxylation is 1. The van der Waals surface area contributed by atoms with E-state index >= 15 is 0 Å².